The van der Waals surface area contributed by atoms with E-state index in [2.05, 4.69) is 9.97 Å². The molecule has 0 bridgehead atoms. The molecule has 4 aromatic rings. The number of esters is 4. The Bertz CT molecular complexity index is 1420. The van der Waals surface area contributed by atoms with Gasteiger partial charge >= 0.3 is 23.9 Å². The van der Waals surface area contributed by atoms with Crippen LogP contribution in [0.2, 0.25) is 0 Å². The molecule has 0 spiro atoms. The van der Waals surface area contributed by atoms with Gasteiger partial charge in [-0.25, -0.2) is 0 Å². The summed E-state index contributed by atoms with van der Waals surface area (Å²) in [7, 11) is 0. The number of aromatic amines is 2. The Labute approximate surface area is 192 Å². The molecule has 2 aromatic heterocycles. The number of fused-ring (bicyclic) bond motifs is 2. The van der Waals surface area contributed by atoms with Crippen molar-refractivity contribution in [3.63, 3.8) is 0 Å². The Morgan fingerprint density at radius 3 is 1.85 bits per heavy atom. The minimum absolute atomic E-state index is 0.0459. The average Bonchev–Trinajstić information content (AvgIpc) is 3.33. The van der Waals surface area contributed by atoms with Crippen LogP contribution in [-0.4, -0.2) is 33.8 Å². The first-order valence-corrected chi connectivity index (χ1v) is 10.2. The van der Waals surface area contributed by atoms with Gasteiger partial charge in [0, 0.05) is 56.2 Å². The molecule has 34 heavy (non-hydrogen) atoms. The summed E-state index contributed by atoms with van der Waals surface area (Å²) in [5.41, 5.74) is 2.11. The SMILES string of the molecule is CC(=O)Oc1cc2cc(-c3c(OC(C)=O)c(OC(C)=O)cc4cc[nH]c34)[nH]c2cc1OC(C)=O. The van der Waals surface area contributed by atoms with Crippen molar-refractivity contribution in [2.45, 2.75) is 27.7 Å². The predicted molar refractivity (Wildman–Crippen MR) is 121 cm³/mol. The summed E-state index contributed by atoms with van der Waals surface area (Å²) in [6.07, 6.45) is 1.70. The van der Waals surface area contributed by atoms with Gasteiger partial charge in [-0.1, -0.05) is 0 Å². The standard InChI is InChI=1S/C24H20N2O8/c1-11(27)31-19-9-16-7-18(26-17(16)10-20(19)32-12(2)28)22-23-15(5-6-25-23)8-21(33-13(3)29)24(22)34-14(4)30/h5-10,25-26H,1-4H3. The van der Waals surface area contributed by atoms with Crippen LogP contribution in [0.4, 0.5) is 0 Å². The van der Waals surface area contributed by atoms with E-state index >= 15 is 0 Å². The molecule has 0 aliphatic heterocycles. The van der Waals surface area contributed by atoms with Crippen molar-refractivity contribution in [2.75, 3.05) is 0 Å². The lowest BCUT2D eigenvalue weighted by molar-refractivity contribution is -0.134. The highest BCUT2D eigenvalue weighted by Gasteiger charge is 2.23. The van der Waals surface area contributed by atoms with Gasteiger partial charge in [0.25, 0.3) is 0 Å². The first kappa shape index (κ1) is 22.6. The van der Waals surface area contributed by atoms with Gasteiger partial charge in [0.2, 0.25) is 0 Å². The van der Waals surface area contributed by atoms with E-state index in [1.54, 1.807) is 30.5 Å². The van der Waals surface area contributed by atoms with E-state index in [4.69, 9.17) is 18.9 Å². The van der Waals surface area contributed by atoms with Crippen molar-refractivity contribution < 1.29 is 38.1 Å². The average molecular weight is 464 g/mol. The third kappa shape index (κ3) is 4.46. The number of carbonyl (C=O) groups is 4. The van der Waals surface area contributed by atoms with E-state index in [0.29, 0.717) is 33.1 Å². The third-order valence-corrected chi connectivity index (χ3v) is 4.73. The highest BCUT2D eigenvalue weighted by molar-refractivity contribution is 6.03. The molecule has 2 N–H and O–H groups in total. The van der Waals surface area contributed by atoms with Crippen molar-refractivity contribution in [3.05, 3.63) is 36.5 Å². The summed E-state index contributed by atoms with van der Waals surface area (Å²) in [6.45, 7) is 4.95. The number of carbonyl (C=O) groups excluding carboxylic acids is 4. The fourth-order valence-electron chi connectivity index (χ4n) is 3.64. The predicted octanol–water partition coefficient (Wildman–Crippen LogP) is 4.02. The van der Waals surface area contributed by atoms with Crippen LogP contribution in [0.25, 0.3) is 33.1 Å². The lowest BCUT2D eigenvalue weighted by Gasteiger charge is -2.14. The fourth-order valence-corrected chi connectivity index (χ4v) is 3.64. The number of aromatic nitrogens is 2. The van der Waals surface area contributed by atoms with Gasteiger partial charge in [-0.15, -0.1) is 0 Å². The molecule has 0 unspecified atom stereocenters. The zero-order valence-corrected chi connectivity index (χ0v) is 18.7. The maximum Gasteiger partial charge on any atom is 0.308 e. The first-order valence-electron chi connectivity index (χ1n) is 10.2. The zero-order valence-electron chi connectivity index (χ0n) is 18.7. The lowest BCUT2D eigenvalue weighted by atomic mass is 10.1. The Morgan fingerprint density at radius 2 is 1.24 bits per heavy atom. The third-order valence-electron chi connectivity index (χ3n) is 4.73. The summed E-state index contributed by atoms with van der Waals surface area (Å²) in [4.78, 5) is 53.0. The van der Waals surface area contributed by atoms with Gasteiger partial charge in [-0.2, -0.15) is 0 Å². The smallest absolute Gasteiger partial charge is 0.308 e. The second-order valence-electron chi connectivity index (χ2n) is 7.46. The number of nitrogens with one attached hydrogen (secondary N) is 2. The summed E-state index contributed by atoms with van der Waals surface area (Å²) >= 11 is 0. The van der Waals surface area contributed by atoms with E-state index in [-0.39, 0.29) is 23.0 Å². The van der Waals surface area contributed by atoms with Gasteiger partial charge in [-0.3, -0.25) is 19.2 Å². The maximum atomic E-state index is 11.9. The van der Waals surface area contributed by atoms with Gasteiger partial charge in [0.15, 0.2) is 23.0 Å². The van der Waals surface area contributed by atoms with Crippen LogP contribution in [0.15, 0.2) is 36.5 Å². The Balaban J connectivity index is 1.98. The Kier molecular flexibility index (Phi) is 5.80. The molecule has 10 nitrogen and oxygen atoms in total. The molecule has 2 heterocycles. The highest BCUT2D eigenvalue weighted by Crippen LogP contribution is 2.45. The minimum Gasteiger partial charge on any atom is -0.423 e. The molecule has 10 heteroatoms. The summed E-state index contributed by atoms with van der Waals surface area (Å²) in [5.74, 6) is -2.10. The molecule has 0 aliphatic rings. The molecular weight excluding hydrogens is 444 g/mol. The molecule has 0 radical (unpaired) electrons. The van der Waals surface area contributed by atoms with Crippen LogP contribution in [0.3, 0.4) is 0 Å². The van der Waals surface area contributed by atoms with E-state index < -0.39 is 23.9 Å². The number of ether oxygens (including phenoxy) is 4. The van der Waals surface area contributed by atoms with Crippen molar-refractivity contribution in [2.24, 2.45) is 0 Å². The number of hydrogen-bond acceptors (Lipinski definition) is 8. The van der Waals surface area contributed by atoms with Crippen molar-refractivity contribution in [3.8, 4) is 34.3 Å². The second kappa shape index (κ2) is 8.74. The largest absolute Gasteiger partial charge is 0.423 e. The molecule has 0 fully saturated rings. The maximum absolute atomic E-state index is 11.9. The molecule has 174 valence electrons. The molecule has 0 aliphatic carbocycles. The monoisotopic (exact) mass is 464 g/mol. The van der Waals surface area contributed by atoms with Crippen LogP contribution in [0.5, 0.6) is 23.0 Å². The number of hydrogen-bond donors (Lipinski definition) is 2. The normalized spacial score (nSPS) is 10.8. The Hall–Kier alpha value is -4.60. The number of rotatable bonds is 5. The van der Waals surface area contributed by atoms with E-state index in [1.807, 2.05) is 0 Å². The van der Waals surface area contributed by atoms with Crippen LogP contribution in [0.1, 0.15) is 27.7 Å². The molecule has 4 rings (SSSR count). The van der Waals surface area contributed by atoms with Gasteiger partial charge in [0.1, 0.15) is 0 Å². The summed E-state index contributed by atoms with van der Waals surface area (Å²) in [5, 5.41) is 1.33. The highest BCUT2D eigenvalue weighted by atomic mass is 16.6. The lowest BCUT2D eigenvalue weighted by Crippen LogP contribution is -2.08. The van der Waals surface area contributed by atoms with Crippen LogP contribution in [-0.2, 0) is 19.2 Å². The van der Waals surface area contributed by atoms with E-state index in [1.165, 1.54) is 33.8 Å². The van der Waals surface area contributed by atoms with Crippen LogP contribution in [0, 0.1) is 0 Å². The molecule has 0 saturated carbocycles. The van der Waals surface area contributed by atoms with Crippen molar-refractivity contribution in [1.29, 1.82) is 0 Å². The van der Waals surface area contributed by atoms with Gasteiger partial charge in [-0.05, 0) is 24.3 Å². The van der Waals surface area contributed by atoms with E-state index in [0.717, 1.165) is 0 Å². The molecule has 0 saturated heterocycles. The zero-order chi connectivity index (χ0) is 24.6. The topological polar surface area (TPSA) is 137 Å². The number of benzene rings is 2. The minimum atomic E-state index is -0.606. The van der Waals surface area contributed by atoms with Gasteiger partial charge in [0.05, 0.1) is 16.8 Å². The number of H-pyrrole nitrogens is 2. The molecule has 0 amide bonds. The Morgan fingerprint density at radius 1 is 0.676 bits per heavy atom. The molecule has 2 aromatic carbocycles. The first-order chi connectivity index (χ1) is 16.1. The van der Waals surface area contributed by atoms with Crippen LogP contribution >= 0.6 is 0 Å². The molecule has 0 atom stereocenters. The quantitative estimate of drug-likeness (QED) is 0.334. The van der Waals surface area contributed by atoms with Crippen molar-refractivity contribution >= 4 is 45.7 Å². The summed E-state index contributed by atoms with van der Waals surface area (Å²) < 4.78 is 21.2. The van der Waals surface area contributed by atoms with Crippen LogP contribution < -0.4 is 18.9 Å². The second-order valence-corrected chi connectivity index (χ2v) is 7.46. The van der Waals surface area contributed by atoms with Gasteiger partial charge < -0.3 is 28.9 Å². The molecular formula is C24H20N2O8. The summed E-state index contributed by atoms with van der Waals surface area (Å²) in [6, 6.07) is 8.17. The van der Waals surface area contributed by atoms with Crippen molar-refractivity contribution in [1.82, 2.24) is 9.97 Å². The fraction of sp³-hybridized carbons (Fsp3) is 0.167. The van der Waals surface area contributed by atoms with E-state index in [9.17, 15) is 19.2 Å².